The van der Waals surface area contributed by atoms with Crippen LogP contribution in [0.2, 0.25) is 0 Å². The van der Waals surface area contributed by atoms with Gasteiger partial charge in [0.2, 0.25) is 0 Å². The second-order valence-corrected chi connectivity index (χ2v) is 4.20. The van der Waals surface area contributed by atoms with Crippen molar-refractivity contribution in [3.8, 4) is 0 Å². The standard InChI is InChI=1S/C9H19N.C2H6N.K/c1-9(2)8-10-6-4-3-5-7-10;1-3-2;/h9H,3-8H2,1-2H3;1-2H3;/q;-1;+1. The van der Waals surface area contributed by atoms with Crippen LogP contribution in [0.15, 0.2) is 0 Å². The van der Waals surface area contributed by atoms with E-state index in [2.05, 4.69) is 24.1 Å². The van der Waals surface area contributed by atoms with Crippen LogP contribution in [0.1, 0.15) is 33.1 Å². The van der Waals surface area contributed by atoms with Crippen LogP contribution < -0.4 is 51.4 Å². The molecular weight excluding hydrogens is 199 g/mol. The Balaban J connectivity index is 0. The molecule has 0 radical (unpaired) electrons. The maximum Gasteiger partial charge on any atom is 1.00 e. The first-order valence-electron chi connectivity index (χ1n) is 5.41. The molecule has 0 saturated carbocycles. The number of hydrogen-bond acceptors (Lipinski definition) is 1. The van der Waals surface area contributed by atoms with Gasteiger partial charge in [0, 0.05) is 6.54 Å². The van der Waals surface area contributed by atoms with E-state index in [-0.39, 0.29) is 51.4 Å². The first-order chi connectivity index (χ1) is 6.20. The van der Waals surface area contributed by atoms with Gasteiger partial charge in [-0.25, -0.2) is 0 Å². The van der Waals surface area contributed by atoms with Gasteiger partial charge in [0.15, 0.2) is 0 Å². The summed E-state index contributed by atoms with van der Waals surface area (Å²) in [5.41, 5.74) is 0. The summed E-state index contributed by atoms with van der Waals surface area (Å²) in [6, 6.07) is 0. The SMILES string of the molecule is CC(C)CN1CCCCC1.C[N-]C.[K+]. The quantitative estimate of drug-likeness (QED) is 0.592. The van der Waals surface area contributed by atoms with E-state index in [0.29, 0.717) is 0 Å². The molecule has 0 spiro atoms. The molecule has 0 amide bonds. The first-order valence-corrected chi connectivity index (χ1v) is 5.41. The van der Waals surface area contributed by atoms with Gasteiger partial charge < -0.3 is 10.2 Å². The minimum absolute atomic E-state index is 0. The van der Waals surface area contributed by atoms with E-state index in [1.807, 2.05) is 0 Å². The number of rotatable bonds is 2. The van der Waals surface area contributed by atoms with Crippen LogP contribution in [0.4, 0.5) is 0 Å². The Morgan fingerprint density at radius 3 is 1.86 bits per heavy atom. The van der Waals surface area contributed by atoms with Crippen LogP contribution in [0, 0.1) is 5.92 Å². The van der Waals surface area contributed by atoms with Gasteiger partial charge >= 0.3 is 51.4 Å². The van der Waals surface area contributed by atoms with Gasteiger partial charge in [0.25, 0.3) is 0 Å². The summed E-state index contributed by atoms with van der Waals surface area (Å²) in [5, 5.41) is 3.50. The third-order valence-electron chi connectivity index (χ3n) is 2.07. The fraction of sp³-hybridized carbons (Fsp3) is 1.00. The third kappa shape index (κ3) is 11.6. The average Bonchev–Trinajstić information content (AvgIpc) is 2.06. The van der Waals surface area contributed by atoms with Crippen LogP contribution >= 0.6 is 0 Å². The molecule has 0 aliphatic carbocycles. The summed E-state index contributed by atoms with van der Waals surface area (Å²) in [5.74, 6) is 0.845. The van der Waals surface area contributed by atoms with Crippen molar-refractivity contribution in [2.75, 3.05) is 33.7 Å². The molecule has 1 aliphatic rings. The Labute approximate surface area is 133 Å². The summed E-state index contributed by atoms with van der Waals surface area (Å²) in [6.07, 6.45) is 4.30. The molecule has 0 N–H and O–H groups in total. The van der Waals surface area contributed by atoms with Crippen LogP contribution in [0.3, 0.4) is 0 Å². The summed E-state index contributed by atoms with van der Waals surface area (Å²) in [4.78, 5) is 2.59. The van der Waals surface area contributed by atoms with E-state index in [1.165, 1.54) is 38.9 Å². The summed E-state index contributed by atoms with van der Waals surface area (Å²) in [7, 11) is 3.50. The van der Waals surface area contributed by atoms with Gasteiger partial charge in [-0.05, 0) is 31.8 Å². The first kappa shape index (κ1) is 17.9. The molecule has 0 bridgehead atoms. The van der Waals surface area contributed by atoms with Crippen molar-refractivity contribution in [3.05, 3.63) is 5.32 Å². The minimum atomic E-state index is 0. The maximum absolute atomic E-state index is 3.50. The van der Waals surface area contributed by atoms with Crippen LogP contribution in [-0.4, -0.2) is 38.6 Å². The van der Waals surface area contributed by atoms with Crippen LogP contribution in [0.25, 0.3) is 5.32 Å². The molecule has 1 heterocycles. The fourth-order valence-electron chi connectivity index (χ4n) is 1.66. The van der Waals surface area contributed by atoms with Gasteiger partial charge in [-0.2, -0.15) is 14.1 Å². The molecule has 3 heteroatoms. The molecular formula is C11H25KN2. The summed E-state index contributed by atoms with van der Waals surface area (Å²) in [6.45, 7) is 8.60. The number of nitrogens with zero attached hydrogens (tertiary/aromatic N) is 2. The molecule has 0 aromatic carbocycles. The molecule has 0 aromatic heterocycles. The minimum Gasteiger partial charge on any atom is -0.668 e. The van der Waals surface area contributed by atoms with E-state index in [1.54, 1.807) is 14.1 Å². The third-order valence-corrected chi connectivity index (χ3v) is 2.07. The second kappa shape index (κ2) is 12.6. The largest absolute Gasteiger partial charge is 1.00 e. The van der Waals surface area contributed by atoms with E-state index in [0.717, 1.165) is 5.92 Å². The molecule has 0 atom stereocenters. The molecule has 0 aromatic rings. The van der Waals surface area contributed by atoms with E-state index < -0.39 is 0 Å². The predicted octanol–water partition coefficient (Wildman–Crippen LogP) is -0.248. The predicted molar refractivity (Wildman–Crippen MR) is 60.3 cm³/mol. The molecule has 0 unspecified atom stereocenters. The van der Waals surface area contributed by atoms with E-state index in [9.17, 15) is 0 Å². The van der Waals surface area contributed by atoms with Gasteiger partial charge in [0.05, 0.1) is 0 Å². The number of hydrogen-bond donors (Lipinski definition) is 0. The average molecular weight is 224 g/mol. The van der Waals surface area contributed by atoms with Crippen molar-refractivity contribution < 1.29 is 51.4 Å². The zero-order valence-corrected chi connectivity index (χ0v) is 13.8. The van der Waals surface area contributed by atoms with Crippen molar-refractivity contribution in [1.82, 2.24) is 4.90 Å². The Bertz CT molecular complexity index is 101. The molecule has 1 rings (SSSR count). The van der Waals surface area contributed by atoms with E-state index in [4.69, 9.17) is 0 Å². The number of likely N-dealkylation sites (tertiary alicyclic amines) is 1. The molecule has 80 valence electrons. The van der Waals surface area contributed by atoms with Crippen molar-refractivity contribution >= 4 is 0 Å². The summed E-state index contributed by atoms with van der Waals surface area (Å²) < 4.78 is 0. The Morgan fingerprint density at radius 1 is 1.07 bits per heavy atom. The van der Waals surface area contributed by atoms with Crippen molar-refractivity contribution in [2.45, 2.75) is 33.1 Å². The topological polar surface area (TPSA) is 17.3 Å². The fourth-order valence-corrected chi connectivity index (χ4v) is 1.66. The second-order valence-electron chi connectivity index (χ2n) is 4.20. The zero-order chi connectivity index (χ0) is 10.1. The van der Waals surface area contributed by atoms with E-state index >= 15 is 0 Å². The molecule has 1 fully saturated rings. The maximum atomic E-state index is 3.50. The summed E-state index contributed by atoms with van der Waals surface area (Å²) >= 11 is 0. The normalized spacial score (nSPS) is 16.9. The van der Waals surface area contributed by atoms with Gasteiger partial charge in [-0.1, -0.05) is 20.3 Å². The molecule has 1 aliphatic heterocycles. The van der Waals surface area contributed by atoms with Crippen LogP contribution in [-0.2, 0) is 0 Å². The number of piperidine rings is 1. The van der Waals surface area contributed by atoms with Crippen molar-refractivity contribution in [2.24, 2.45) is 5.92 Å². The molecule has 2 nitrogen and oxygen atoms in total. The van der Waals surface area contributed by atoms with Gasteiger partial charge in [0.1, 0.15) is 0 Å². The van der Waals surface area contributed by atoms with Crippen LogP contribution in [0.5, 0.6) is 0 Å². The molecule has 14 heavy (non-hydrogen) atoms. The Morgan fingerprint density at radius 2 is 1.50 bits per heavy atom. The zero-order valence-electron chi connectivity index (χ0n) is 10.7. The monoisotopic (exact) mass is 224 g/mol. The van der Waals surface area contributed by atoms with Gasteiger partial charge in [-0.15, -0.1) is 0 Å². The van der Waals surface area contributed by atoms with Crippen molar-refractivity contribution in [3.63, 3.8) is 0 Å². The van der Waals surface area contributed by atoms with Crippen molar-refractivity contribution in [1.29, 1.82) is 0 Å². The Kier molecular flexibility index (Phi) is 16.2. The smallest absolute Gasteiger partial charge is 0.668 e. The Hall–Kier alpha value is 1.56. The van der Waals surface area contributed by atoms with Gasteiger partial charge in [-0.3, -0.25) is 0 Å². The molecule has 1 saturated heterocycles.